The summed E-state index contributed by atoms with van der Waals surface area (Å²) in [5.74, 6) is -2.38. The molecule has 44 heavy (non-hydrogen) atoms. The lowest BCUT2D eigenvalue weighted by atomic mass is 9.96. The van der Waals surface area contributed by atoms with Crippen LogP contribution in [0.4, 0.5) is 10.9 Å². The van der Waals surface area contributed by atoms with Gasteiger partial charge in [-0.25, -0.2) is 14.8 Å². The number of aryl methyl sites for hydroxylation is 1. The van der Waals surface area contributed by atoms with Crippen molar-refractivity contribution >= 4 is 40.1 Å². The maximum atomic E-state index is 13.2. The van der Waals surface area contributed by atoms with Crippen LogP contribution in [0.2, 0.25) is 0 Å². The highest BCUT2D eigenvalue weighted by Crippen LogP contribution is 2.28. The Balaban J connectivity index is 1.51. The van der Waals surface area contributed by atoms with E-state index in [9.17, 15) is 19.6 Å². The lowest BCUT2D eigenvalue weighted by molar-refractivity contribution is -0.117. The Morgan fingerprint density at radius 3 is 2.57 bits per heavy atom. The van der Waals surface area contributed by atoms with Crippen LogP contribution in [0.25, 0.3) is 11.1 Å². The van der Waals surface area contributed by atoms with Crippen LogP contribution in [-0.4, -0.2) is 58.3 Å². The minimum absolute atomic E-state index is 0.00762. The van der Waals surface area contributed by atoms with E-state index in [1.54, 1.807) is 37.3 Å². The van der Waals surface area contributed by atoms with Crippen molar-refractivity contribution in [3.63, 3.8) is 0 Å². The van der Waals surface area contributed by atoms with Crippen molar-refractivity contribution in [3.8, 4) is 17.2 Å². The molecule has 0 bridgehead atoms. The third-order valence-corrected chi connectivity index (χ3v) is 7.51. The van der Waals surface area contributed by atoms with Gasteiger partial charge in [0.2, 0.25) is 5.91 Å². The Bertz CT molecular complexity index is 1730. The molecule has 2 amide bonds. The second-order valence-corrected chi connectivity index (χ2v) is 11.1. The van der Waals surface area contributed by atoms with Crippen LogP contribution in [0.3, 0.4) is 0 Å². The molecule has 224 valence electrons. The number of thiazole rings is 1. The third-order valence-electron chi connectivity index (χ3n) is 6.45. The summed E-state index contributed by atoms with van der Waals surface area (Å²) in [6.07, 6.45) is 8.44. The van der Waals surface area contributed by atoms with Gasteiger partial charge in [-0.2, -0.15) is 5.26 Å². The van der Waals surface area contributed by atoms with E-state index in [0.29, 0.717) is 17.2 Å². The first-order valence-corrected chi connectivity index (χ1v) is 14.5. The summed E-state index contributed by atoms with van der Waals surface area (Å²) in [6, 6.07) is 14.2. The van der Waals surface area contributed by atoms with Gasteiger partial charge < -0.3 is 20.3 Å². The first-order chi connectivity index (χ1) is 21.2. The molecular weight excluding hydrogens is 578 g/mol. The van der Waals surface area contributed by atoms with E-state index in [1.807, 2.05) is 38.1 Å². The third kappa shape index (κ3) is 8.19. The topological polar surface area (TPSA) is 150 Å². The number of nitriles is 1. The van der Waals surface area contributed by atoms with Crippen molar-refractivity contribution in [1.29, 1.82) is 5.26 Å². The predicted molar refractivity (Wildman–Crippen MR) is 168 cm³/mol. The van der Waals surface area contributed by atoms with Gasteiger partial charge in [0.25, 0.3) is 5.91 Å². The van der Waals surface area contributed by atoms with E-state index < -0.39 is 17.8 Å². The second-order valence-electron chi connectivity index (χ2n) is 9.97. The van der Waals surface area contributed by atoms with Gasteiger partial charge in [0.05, 0.1) is 17.0 Å². The first-order valence-electron chi connectivity index (χ1n) is 13.7. The molecule has 0 saturated carbocycles. The average molecular weight is 610 g/mol. The van der Waals surface area contributed by atoms with Crippen molar-refractivity contribution in [3.05, 3.63) is 101 Å². The Morgan fingerprint density at radius 2 is 1.89 bits per heavy atom. The van der Waals surface area contributed by atoms with Crippen LogP contribution in [0.1, 0.15) is 46.1 Å². The number of nitrogens with zero attached hydrogens (tertiary/aromatic N) is 5. The minimum atomic E-state index is -0.748. The highest BCUT2D eigenvalue weighted by Gasteiger charge is 2.21. The standard InChI is InChI=1S/C32H31N7O4S/c1-5-26-19-36-32(44-26)38-29(40)20(2)21-8-6-9-22(14-21)25-15-24(16-33)28(35-18-25)37-30(41)27(11-13-39(3)4)43-31(42)23-10-7-12-34-17-23/h6-12,14-15,17-20H,5,13H2,1-4H3,(H,35,37,41)(H,36,38,40)/b27-11+/t20-/m0/s1. The van der Waals surface area contributed by atoms with Gasteiger partial charge in [0.1, 0.15) is 6.07 Å². The number of benzene rings is 1. The number of anilines is 2. The maximum absolute atomic E-state index is 13.2. The van der Waals surface area contributed by atoms with Crippen molar-refractivity contribution < 1.29 is 19.1 Å². The summed E-state index contributed by atoms with van der Waals surface area (Å²) in [5.41, 5.74) is 2.41. The summed E-state index contributed by atoms with van der Waals surface area (Å²) in [5, 5.41) is 15.9. The normalized spacial score (nSPS) is 11.9. The molecule has 0 aliphatic carbocycles. The Hall–Kier alpha value is -5.25. The number of carbonyl (C=O) groups is 3. The highest BCUT2D eigenvalue weighted by molar-refractivity contribution is 7.15. The number of aromatic nitrogens is 3. The van der Waals surface area contributed by atoms with Crippen LogP contribution in [0.5, 0.6) is 0 Å². The summed E-state index contributed by atoms with van der Waals surface area (Å²) in [4.78, 5) is 54.1. The van der Waals surface area contributed by atoms with Gasteiger partial charge >= 0.3 is 5.97 Å². The Kier molecular flexibility index (Phi) is 10.6. The molecule has 0 radical (unpaired) electrons. The van der Waals surface area contributed by atoms with E-state index >= 15 is 0 Å². The van der Waals surface area contributed by atoms with Gasteiger partial charge in [-0.15, -0.1) is 11.3 Å². The highest BCUT2D eigenvalue weighted by atomic mass is 32.1. The number of hydrogen-bond acceptors (Lipinski definition) is 10. The van der Waals surface area contributed by atoms with Crippen molar-refractivity contribution in [2.24, 2.45) is 0 Å². The van der Waals surface area contributed by atoms with Crippen LogP contribution >= 0.6 is 11.3 Å². The zero-order chi connectivity index (χ0) is 31.6. The molecule has 0 aliphatic rings. The zero-order valence-electron chi connectivity index (χ0n) is 24.7. The molecule has 3 heterocycles. The zero-order valence-corrected chi connectivity index (χ0v) is 25.5. The number of likely N-dealkylation sites (N-methyl/N-ethyl adjacent to an activating group) is 1. The smallest absolute Gasteiger partial charge is 0.345 e. The average Bonchev–Trinajstić information content (AvgIpc) is 3.50. The number of rotatable bonds is 11. The van der Waals surface area contributed by atoms with Gasteiger partial charge in [-0.3, -0.25) is 14.6 Å². The summed E-state index contributed by atoms with van der Waals surface area (Å²) >= 11 is 1.45. The van der Waals surface area contributed by atoms with Crippen molar-refractivity contribution in [2.45, 2.75) is 26.2 Å². The molecule has 3 aromatic heterocycles. The molecule has 4 aromatic rings. The number of pyridine rings is 2. The molecule has 1 atom stereocenters. The molecule has 2 N–H and O–H groups in total. The quantitative estimate of drug-likeness (QED) is 0.136. The molecule has 0 unspecified atom stereocenters. The van der Waals surface area contributed by atoms with Gasteiger partial charge in [-0.1, -0.05) is 31.2 Å². The molecular formula is C32H31N7O4S. The second kappa shape index (κ2) is 14.8. The fourth-order valence-electron chi connectivity index (χ4n) is 3.95. The number of hydrogen-bond donors (Lipinski definition) is 2. The van der Waals surface area contributed by atoms with Crippen molar-refractivity contribution in [2.75, 3.05) is 31.3 Å². The molecule has 11 nitrogen and oxygen atoms in total. The van der Waals surface area contributed by atoms with E-state index in [0.717, 1.165) is 22.4 Å². The number of nitrogens with one attached hydrogen (secondary N) is 2. The van der Waals surface area contributed by atoms with Crippen LogP contribution < -0.4 is 10.6 Å². The summed E-state index contributed by atoms with van der Waals surface area (Å²) < 4.78 is 5.38. The van der Waals surface area contributed by atoms with Crippen LogP contribution in [-0.2, 0) is 20.7 Å². The minimum Gasteiger partial charge on any atom is -0.417 e. The monoisotopic (exact) mass is 609 g/mol. The van der Waals surface area contributed by atoms with Crippen LogP contribution in [0.15, 0.2) is 79.1 Å². The van der Waals surface area contributed by atoms with Gasteiger partial charge in [0, 0.05) is 41.8 Å². The Labute approximate surface area is 259 Å². The van der Waals surface area contributed by atoms with Crippen molar-refractivity contribution in [1.82, 2.24) is 19.9 Å². The largest absolute Gasteiger partial charge is 0.417 e. The number of ether oxygens (including phenoxy) is 1. The number of amides is 2. The Morgan fingerprint density at radius 1 is 1.07 bits per heavy atom. The summed E-state index contributed by atoms with van der Waals surface area (Å²) in [7, 11) is 3.60. The van der Waals surface area contributed by atoms with Gasteiger partial charge in [0.15, 0.2) is 16.7 Å². The summed E-state index contributed by atoms with van der Waals surface area (Å²) in [6.45, 7) is 4.16. The fraction of sp³-hybridized carbons (Fsp3) is 0.219. The molecule has 0 saturated heterocycles. The van der Waals surface area contributed by atoms with Gasteiger partial charge in [-0.05, 0) is 62.8 Å². The predicted octanol–water partition coefficient (Wildman–Crippen LogP) is 5.02. The van der Waals surface area contributed by atoms with E-state index in [1.165, 1.54) is 42.1 Å². The maximum Gasteiger partial charge on any atom is 0.345 e. The SMILES string of the molecule is CCc1cnc(NC(=O)[C@@H](C)c2cccc(-c3cnc(NC(=O)/C(=C\CN(C)C)OC(=O)c4cccnc4)c(C#N)c3)c2)s1. The molecule has 0 aliphatic heterocycles. The lowest BCUT2D eigenvalue weighted by Gasteiger charge is -2.14. The molecule has 1 aromatic carbocycles. The lowest BCUT2D eigenvalue weighted by Crippen LogP contribution is -2.22. The van der Waals surface area contributed by atoms with E-state index in [2.05, 4.69) is 31.7 Å². The number of carbonyl (C=O) groups excluding carboxylic acids is 3. The molecule has 12 heteroatoms. The molecule has 0 spiro atoms. The molecule has 0 fully saturated rings. The fourth-order valence-corrected chi connectivity index (χ4v) is 4.70. The van der Waals surface area contributed by atoms with Crippen LogP contribution in [0, 0.1) is 11.3 Å². The van der Waals surface area contributed by atoms with E-state index in [-0.39, 0.29) is 28.6 Å². The van der Waals surface area contributed by atoms with E-state index in [4.69, 9.17) is 4.74 Å². The number of esters is 1. The molecule has 4 rings (SSSR count). The first kappa shape index (κ1) is 31.7.